The predicted octanol–water partition coefficient (Wildman–Crippen LogP) is 3.68. The number of fused-ring (bicyclic) bond motifs is 1. The first kappa shape index (κ1) is 19.2. The normalized spacial score (nSPS) is 20.7. The van der Waals surface area contributed by atoms with Gasteiger partial charge in [-0.15, -0.1) is 0 Å². The zero-order valence-electron chi connectivity index (χ0n) is 15.6. The Hall–Kier alpha value is -1.62. The minimum Gasteiger partial charge on any atom is -0.444 e. The highest BCUT2D eigenvalue weighted by Gasteiger charge is 2.25. The van der Waals surface area contributed by atoms with Crippen LogP contribution in [0.3, 0.4) is 0 Å². The van der Waals surface area contributed by atoms with Gasteiger partial charge in [-0.3, -0.25) is 0 Å². The predicted molar refractivity (Wildman–Crippen MR) is 107 cm³/mol. The Morgan fingerprint density at radius 3 is 2.65 bits per heavy atom. The molecule has 0 unspecified atom stereocenters. The average molecular weight is 420 g/mol. The molecule has 1 saturated carbocycles. The molecule has 0 bridgehead atoms. The first-order valence-corrected chi connectivity index (χ1v) is 9.87. The SMILES string of the molecule is CN(C)CCN(C)C1CCC(Nc2ncc3oc(C#N)cc3c2Br)CC1. The molecule has 6 nitrogen and oxygen atoms in total. The van der Waals surface area contributed by atoms with E-state index in [0.29, 0.717) is 23.4 Å². The van der Waals surface area contributed by atoms with Crippen molar-refractivity contribution in [2.45, 2.75) is 37.8 Å². The van der Waals surface area contributed by atoms with E-state index in [1.165, 1.54) is 12.8 Å². The Labute approximate surface area is 163 Å². The highest BCUT2D eigenvalue weighted by Crippen LogP contribution is 2.33. The van der Waals surface area contributed by atoms with Crippen LogP contribution in [0.4, 0.5) is 5.82 Å². The summed E-state index contributed by atoms with van der Waals surface area (Å²) in [7, 11) is 6.48. The van der Waals surface area contributed by atoms with E-state index in [-0.39, 0.29) is 0 Å². The molecule has 3 rings (SSSR count). The third-order valence-electron chi connectivity index (χ3n) is 5.19. The van der Waals surface area contributed by atoms with Crippen LogP contribution in [-0.2, 0) is 0 Å². The number of aromatic nitrogens is 1. The van der Waals surface area contributed by atoms with Crippen molar-refractivity contribution in [1.82, 2.24) is 14.8 Å². The molecular formula is C19H26BrN5O. The number of hydrogen-bond acceptors (Lipinski definition) is 6. The van der Waals surface area contributed by atoms with Gasteiger partial charge in [-0.05, 0) is 62.8 Å². The summed E-state index contributed by atoms with van der Waals surface area (Å²) in [6.07, 6.45) is 6.36. The van der Waals surface area contributed by atoms with E-state index < -0.39 is 0 Å². The van der Waals surface area contributed by atoms with Crippen LogP contribution in [0.1, 0.15) is 31.4 Å². The summed E-state index contributed by atoms with van der Waals surface area (Å²) >= 11 is 3.61. The Bertz CT molecular complexity index is 789. The van der Waals surface area contributed by atoms with Crippen LogP contribution in [0.15, 0.2) is 21.2 Å². The highest BCUT2D eigenvalue weighted by molar-refractivity contribution is 9.10. The number of hydrogen-bond donors (Lipinski definition) is 1. The lowest BCUT2D eigenvalue weighted by Crippen LogP contribution is -2.41. The molecule has 0 aliphatic heterocycles. The number of nitrogens with zero attached hydrogens (tertiary/aromatic N) is 4. The van der Waals surface area contributed by atoms with E-state index >= 15 is 0 Å². The average Bonchev–Trinajstić information content (AvgIpc) is 3.07. The van der Waals surface area contributed by atoms with E-state index in [9.17, 15) is 0 Å². The number of nitrogens with one attached hydrogen (secondary N) is 1. The molecule has 2 aromatic rings. The number of anilines is 1. The summed E-state index contributed by atoms with van der Waals surface area (Å²) in [5.74, 6) is 1.13. The fourth-order valence-electron chi connectivity index (χ4n) is 3.53. The van der Waals surface area contributed by atoms with Crippen LogP contribution in [0, 0.1) is 11.3 Å². The van der Waals surface area contributed by atoms with Crippen molar-refractivity contribution in [2.24, 2.45) is 0 Å². The number of likely N-dealkylation sites (N-methyl/N-ethyl adjacent to an activating group) is 2. The van der Waals surface area contributed by atoms with Gasteiger partial charge in [0.25, 0.3) is 0 Å². The van der Waals surface area contributed by atoms with Crippen molar-refractivity contribution >= 4 is 32.7 Å². The van der Waals surface area contributed by atoms with Crippen LogP contribution in [0.2, 0.25) is 0 Å². The summed E-state index contributed by atoms with van der Waals surface area (Å²) in [5.41, 5.74) is 0.630. The van der Waals surface area contributed by atoms with Gasteiger partial charge in [-0.1, -0.05) is 0 Å². The second kappa shape index (κ2) is 8.38. The summed E-state index contributed by atoms with van der Waals surface area (Å²) in [6, 6.07) is 4.88. The van der Waals surface area contributed by atoms with Crippen LogP contribution in [-0.4, -0.2) is 61.1 Å². The van der Waals surface area contributed by atoms with Crippen LogP contribution >= 0.6 is 15.9 Å². The molecule has 1 fully saturated rings. The van der Waals surface area contributed by atoms with Gasteiger partial charge in [0.1, 0.15) is 11.9 Å². The van der Waals surface area contributed by atoms with E-state index in [1.807, 2.05) is 6.07 Å². The molecule has 7 heteroatoms. The third-order valence-corrected chi connectivity index (χ3v) is 5.99. The zero-order chi connectivity index (χ0) is 18.7. The molecule has 0 saturated heterocycles. The number of pyridine rings is 1. The fourth-order valence-corrected chi connectivity index (χ4v) is 4.06. The Morgan fingerprint density at radius 1 is 1.27 bits per heavy atom. The Balaban J connectivity index is 1.59. The van der Waals surface area contributed by atoms with Crippen molar-refractivity contribution in [3.05, 3.63) is 22.5 Å². The van der Waals surface area contributed by atoms with Crippen LogP contribution in [0.25, 0.3) is 11.0 Å². The molecule has 0 aromatic carbocycles. The molecule has 0 radical (unpaired) electrons. The fraction of sp³-hybridized carbons (Fsp3) is 0.579. The van der Waals surface area contributed by atoms with Crippen LogP contribution < -0.4 is 5.32 Å². The lowest BCUT2D eigenvalue weighted by molar-refractivity contribution is 0.172. The molecule has 1 aliphatic carbocycles. The Kier molecular flexibility index (Phi) is 6.17. The molecule has 0 spiro atoms. The van der Waals surface area contributed by atoms with Crippen molar-refractivity contribution in [1.29, 1.82) is 5.26 Å². The minimum absolute atomic E-state index is 0.306. The summed E-state index contributed by atoms with van der Waals surface area (Å²) in [4.78, 5) is 9.20. The topological polar surface area (TPSA) is 68.3 Å². The van der Waals surface area contributed by atoms with Gasteiger partial charge in [0.2, 0.25) is 5.76 Å². The molecule has 2 aromatic heterocycles. The minimum atomic E-state index is 0.306. The largest absolute Gasteiger partial charge is 0.444 e. The standard InChI is InChI=1S/C19H26BrN5O/c1-24(2)8-9-25(3)14-6-4-13(5-7-14)23-19-18(20)16-10-15(11-21)26-17(16)12-22-19/h10,12-14H,4-9H2,1-3H3,(H,22,23). The van der Waals surface area contributed by atoms with Gasteiger partial charge < -0.3 is 19.5 Å². The number of nitriles is 1. The van der Waals surface area contributed by atoms with Crippen molar-refractivity contribution < 1.29 is 4.42 Å². The van der Waals surface area contributed by atoms with E-state index in [0.717, 1.165) is 41.6 Å². The molecule has 0 amide bonds. The van der Waals surface area contributed by atoms with Gasteiger partial charge in [-0.25, -0.2) is 4.98 Å². The number of furan rings is 1. The Morgan fingerprint density at radius 2 is 2.00 bits per heavy atom. The van der Waals surface area contributed by atoms with Gasteiger partial charge in [0.05, 0.1) is 10.7 Å². The van der Waals surface area contributed by atoms with Gasteiger partial charge in [0, 0.05) is 36.6 Å². The lowest BCUT2D eigenvalue weighted by Gasteiger charge is -2.35. The summed E-state index contributed by atoms with van der Waals surface area (Å²) in [5, 5.41) is 13.5. The quantitative estimate of drug-likeness (QED) is 0.769. The number of rotatable bonds is 6. The highest BCUT2D eigenvalue weighted by atomic mass is 79.9. The van der Waals surface area contributed by atoms with Gasteiger partial charge >= 0.3 is 0 Å². The molecule has 1 aliphatic rings. The van der Waals surface area contributed by atoms with Crippen molar-refractivity contribution in [2.75, 3.05) is 39.5 Å². The number of halogens is 1. The van der Waals surface area contributed by atoms with E-state index in [1.54, 1.807) is 12.3 Å². The molecule has 140 valence electrons. The smallest absolute Gasteiger partial charge is 0.204 e. The molecule has 26 heavy (non-hydrogen) atoms. The van der Waals surface area contributed by atoms with Crippen molar-refractivity contribution in [3.63, 3.8) is 0 Å². The maximum Gasteiger partial charge on any atom is 0.204 e. The molecule has 1 N–H and O–H groups in total. The van der Waals surface area contributed by atoms with E-state index in [4.69, 9.17) is 9.68 Å². The first-order valence-electron chi connectivity index (χ1n) is 9.07. The van der Waals surface area contributed by atoms with Crippen LogP contribution in [0.5, 0.6) is 0 Å². The second-order valence-electron chi connectivity index (χ2n) is 7.35. The maximum absolute atomic E-state index is 9.00. The zero-order valence-corrected chi connectivity index (χ0v) is 17.2. The first-order chi connectivity index (χ1) is 12.5. The van der Waals surface area contributed by atoms with Gasteiger partial charge in [0.15, 0.2) is 5.58 Å². The maximum atomic E-state index is 9.00. The monoisotopic (exact) mass is 419 g/mol. The van der Waals surface area contributed by atoms with E-state index in [2.05, 4.69) is 57.2 Å². The second-order valence-corrected chi connectivity index (χ2v) is 8.15. The molecule has 2 heterocycles. The van der Waals surface area contributed by atoms with Gasteiger partial charge in [-0.2, -0.15) is 5.26 Å². The summed E-state index contributed by atoms with van der Waals surface area (Å²) in [6.45, 7) is 2.21. The molecule has 0 atom stereocenters. The van der Waals surface area contributed by atoms with Crippen molar-refractivity contribution in [3.8, 4) is 6.07 Å². The molecular weight excluding hydrogens is 394 g/mol. The third kappa shape index (κ3) is 4.37. The summed E-state index contributed by atoms with van der Waals surface area (Å²) < 4.78 is 6.30. The lowest BCUT2D eigenvalue weighted by atomic mass is 9.90.